The van der Waals surface area contributed by atoms with Crippen LogP contribution in [0.3, 0.4) is 0 Å². The third-order valence-electron chi connectivity index (χ3n) is 3.00. The molecule has 0 saturated carbocycles. The lowest BCUT2D eigenvalue weighted by molar-refractivity contribution is -0.145. The van der Waals surface area contributed by atoms with Crippen LogP contribution in [0.15, 0.2) is 0 Å². The number of aliphatic carboxylic acids is 1. The van der Waals surface area contributed by atoms with Crippen molar-refractivity contribution in [2.75, 3.05) is 12.3 Å². The molecule has 0 aromatic heterocycles. The number of carbonyl (C=O) groups excluding carboxylic acids is 1. The Morgan fingerprint density at radius 1 is 1.26 bits per heavy atom. The first-order valence-electron chi connectivity index (χ1n) is 6.16. The summed E-state index contributed by atoms with van der Waals surface area (Å²) in [7, 11) is -3.60. The summed E-state index contributed by atoms with van der Waals surface area (Å²) in [4.78, 5) is 23.9. The predicted octanol–water partition coefficient (Wildman–Crippen LogP) is 0.911. The first-order valence-corrected chi connectivity index (χ1v) is 7.81. The summed E-state index contributed by atoms with van der Waals surface area (Å²) in [5, 5.41) is 8.79. The molecule has 0 aliphatic heterocycles. The maximum absolute atomic E-state index is 12.0. The van der Waals surface area contributed by atoms with Gasteiger partial charge in [0.05, 0.1) is 4.75 Å². The fraction of sp³-hybridized carbons (Fsp3) is 0.833. The zero-order valence-corrected chi connectivity index (χ0v) is 13.0. The van der Waals surface area contributed by atoms with E-state index < -0.39 is 38.8 Å². The molecule has 112 valence electrons. The molecule has 0 spiro atoms. The number of amides is 1. The number of nitrogens with zero attached hydrogens (tertiary/aromatic N) is 1. The molecule has 1 unspecified atom stereocenters. The van der Waals surface area contributed by atoms with Gasteiger partial charge in [-0.2, -0.15) is 0 Å². The normalized spacial score (nSPS) is 13.9. The van der Waals surface area contributed by atoms with Crippen molar-refractivity contribution in [3.63, 3.8) is 0 Å². The molecule has 1 N–H and O–H groups in total. The van der Waals surface area contributed by atoms with Crippen LogP contribution in [0.2, 0.25) is 0 Å². The molecule has 0 rings (SSSR count). The third kappa shape index (κ3) is 5.18. The number of sulfone groups is 1. The van der Waals surface area contributed by atoms with Gasteiger partial charge < -0.3 is 10.0 Å². The molecule has 0 radical (unpaired) electrons. The molecule has 0 aromatic carbocycles. The first kappa shape index (κ1) is 17.9. The summed E-state index contributed by atoms with van der Waals surface area (Å²) in [5.74, 6) is -2.47. The second-order valence-corrected chi connectivity index (χ2v) is 8.29. The number of carboxylic acids is 1. The minimum Gasteiger partial charge on any atom is -0.480 e. The van der Waals surface area contributed by atoms with Crippen molar-refractivity contribution < 1.29 is 23.1 Å². The van der Waals surface area contributed by atoms with E-state index >= 15 is 0 Å². The minimum absolute atomic E-state index is 0.307. The Bertz CT molecular complexity index is 436. The Labute approximate surface area is 114 Å². The summed E-state index contributed by atoms with van der Waals surface area (Å²) in [6, 6.07) is -0.307. The summed E-state index contributed by atoms with van der Waals surface area (Å²) in [6.45, 7) is 7.57. The minimum atomic E-state index is -3.60. The largest absolute Gasteiger partial charge is 0.480 e. The van der Waals surface area contributed by atoms with E-state index in [1.54, 1.807) is 6.92 Å². The van der Waals surface area contributed by atoms with Crippen LogP contribution in [0.4, 0.5) is 0 Å². The van der Waals surface area contributed by atoms with Crippen LogP contribution >= 0.6 is 0 Å². The van der Waals surface area contributed by atoms with Gasteiger partial charge in [-0.25, -0.2) is 8.42 Å². The molecular formula is C12H23NO5S. The fourth-order valence-corrected chi connectivity index (χ4v) is 2.24. The highest BCUT2D eigenvalue weighted by Crippen LogP contribution is 2.17. The van der Waals surface area contributed by atoms with E-state index in [0.717, 1.165) is 4.90 Å². The van der Waals surface area contributed by atoms with E-state index in [4.69, 9.17) is 5.11 Å². The molecule has 0 fully saturated rings. The highest BCUT2D eigenvalue weighted by Gasteiger charge is 2.34. The molecule has 7 heteroatoms. The first-order chi connectivity index (χ1) is 8.42. The second-order valence-electron chi connectivity index (χ2n) is 5.54. The topological polar surface area (TPSA) is 91.8 Å². The van der Waals surface area contributed by atoms with E-state index in [1.165, 1.54) is 20.8 Å². The Balaban J connectivity index is 5.09. The van der Waals surface area contributed by atoms with Gasteiger partial charge in [-0.15, -0.1) is 0 Å². The van der Waals surface area contributed by atoms with Crippen LogP contribution in [0.5, 0.6) is 0 Å². The molecule has 0 aliphatic rings. The van der Waals surface area contributed by atoms with Gasteiger partial charge in [0.15, 0.2) is 9.84 Å². The summed E-state index contributed by atoms with van der Waals surface area (Å²) in [6.07, 6.45) is 0.564. The fourth-order valence-electron chi connectivity index (χ4n) is 1.32. The summed E-state index contributed by atoms with van der Waals surface area (Å²) >= 11 is 0. The van der Waals surface area contributed by atoms with Crippen molar-refractivity contribution in [2.24, 2.45) is 0 Å². The van der Waals surface area contributed by atoms with E-state index in [1.807, 2.05) is 6.92 Å². The lowest BCUT2D eigenvalue weighted by Crippen LogP contribution is -2.46. The van der Waals surface area contributed by atoms with Gasteiger partial charge in [0.25, 0.3) is 0 Å². The van der Waals surface area contributed by atoms with Gasteiger partial charge in [0, 0.05) is 6.04 Å². The van der Waals surface area contributed by atoms with Crippen LogP contribution in [-0.4, -0.2) is 53.4 Å². The van der Waals surface area contributed by atoms with Crippen LogP contribution in [-0.2, 0) is 19.4 Å². The number of hydrogen-bond acceptors (Lipinski definition) is 4. The van der Waals surface area contributed by atoms with Crippen molar-refractivity contribution in [1.29, 1.82) is 0 Å². The molecule has 1 amide bonds. The van der Waals surface area contributed by atoms with Crippen molar-refractivity contribution in [1.82, 2.24) is 4.90 Å². The lowest BCUT2D eigenvalue weighted by Gasteiger charge is -2.28. The number of carbonyl (C=O) groups is 2. The smallest absolute Gasteiger partial charge is 0.323 e. The molecular weight excluding hydrogens is 270 g/mol. The Hall–Kier alpha value is -1.11. The standard InChI is InChI=1S/C12H23NO5S/c1-6-9(2)13(7-11(15)16)10(14)8-19(17,18)12(3,4)5/h9H,6-8H2,1-5H3,(H,15,16). The molecule has 0 saturated heterocycles. The monoisotopic (exact) mass is 293 g/mol. The van der Waals surface area contributed by atoms with Crippen LogP contribution in [0.1, 0.15) is 41.0 Å². The average Bonchev–Trinajstić information content (AvgIpc) is 2.22. The van der Waals surface area contributed by atoms with Gasteiger partial charge in [-0.3, -0.25) is 9.59 Å². The third-order valence-corrected chi connectivity index (χ3v) is 5.49. The van der Waals surface area contributed by atoms with Gasteiger partial charge in [0.2, 0.25) is 5.91 Å². The SMILES string of the molecule is CCC(C)N(CC(=O)O)C(=O)CS(=O)(=O)C(C)(C)C. The zero-order valence-electron chi connectivity index (χ0n) is 12.1. The van der Waals surface area contributed by atoms with Crippen molar-refractivity contribution in [3.8, 4) is 0 Å². The molecule has 1 atom stereocenters. The average molecular weight is 293 g/mol. The van der Waals surface area contributed by atoms with E-state index in [0.29, 0.717) is 6.42 Å². The van der Waals surface area contributed by atoms with Crippen LogP contribution in [0, 0.1) is 0 Å². The second kappa shape index (κ2) is 6.36. The van der Waals surface area contributed by atoms with Crippen LogP contribution in [0.25, 0.3) is 0 Å². The molecule has 0 bridgehead atoms. The molecule has 0 heterocycles. The van der Waals surface area contributed by atoms with E-state index in [-0.39, 0.29) is 6.04 Å². The van der Waals surface area contributed by atoms with Crippen LogP contribution < -0.4 is 0 Å². The number of hydrogen-bond donors (Lipinski definition) is 1. The lowest BCUT2D eigenvalue weighted by atomic mass is 10.2. The van der Waals surface area contributed by atoms with Crippen molar-refractivity contribution in [3.05, 3.63) is 0 Å². The molecule has 6 nitrogen and oxygen atoms in total. The molecule has 0 aromatic rings. The van der Waals surface area contributed by atoms with Gasteiger partial charge >= 0.3 is 5.97 Å². The number of carboxylic acid groups (broad SMARTS) is 1. The van der Waals surface area contributed by atoms with Crippen molar-refractivity contribution in [2.45, 2.75) is 51.8 Å². The number of rotatable bonds is 6. The van der Waals surface area contributed by atoms with Gasteiger partial charge in [-0.1, -0.05) is 6.92 Å². The maximum atomic E-state index is 12.0. The van der Waals surface area contributed by atoms with E-state index in [2.05, 4.69) is 0 Å². The Morgan fingerprint density at radius 3 is 2.05 bits per heavy atom. The summed E-state index contributed by atoms with van der Waals surface area (Å²) < 4.78 is 22.9. The van der Waals surface area contributed by atoms with E-state index in [9.17, 15) is 18.0 Å². The Kier molecular flexibility index (Phi) is 5.99. The molecule has 19 heavy (non-hydrogen) atoms. The maximum Gasteiger partial charge on any atom is 0.323 e. The highest BCUT2D eigenvalue weighted by atomic mass is 32.2. The van der Waals surface area contributed by atoms with Crippen molar-refractivity contribution >= 4 is 21.7 Å². The van der Waals surface area contributed by atoms with Gasteiger partial charge in [0.1, 0.15) is 12.3 Å². The Morgan fingerprint density at radius 2 is 1.74 bits per heavy atom. The predicted molar refractivity (Wildman–Crippen MR) is 72.6 cm³/mol. The summed E-state index contributed by atoms with van der Waals surface area (Å²) in [5.41, 5.74) is 0. The van der Waals surface area contributed by atoms with Gasteiger partial charge in [-0.05, 0) is 34.1 Å². The molecule has 0 aliphatic carbocycles. The quantitative estimate of drug-likeness (QED) is 0.786. The zero-order chi connectivity index (χ0) is 15.4. The highest BCUT2D eigenvalue weighted by molar-refractivity contribution is 7.93.